The molecule has 0 aliphatic heterocycles. The summed E-state index contributed by atoms with van der Waals surface area (Å²) >= 11 is 0. The van der Waals surface area contributed by atoms with E-state index in [1.54, 1.807) is 28.8 Å². The zero-order valence-corrected chi connectivity index (χ0v) is 17.0. The number of aromatic nitrogens is 3. The van der Waals surface area contributed by atoms with Gasteiger partial charge < -0.3 is 9.64 Å². The summed E-state index contributed by atoms with van der Waals surface area (Å²) in [4.78, 5) is 19.7. The molecule has 152 valence electrons. The average Bonchev–Trinajstić information content (AvgIpc) is 3.52. The maximum Gasteiger partial charge on any atom is 0.254 e. The highest BCUT2D eigenvalue weighted by Crippen LogP contribution is 2.40. The van der Waals surface area contributed by atoms with E-state index in [4.69, 9.17) is 9.72 Å². The number of ether oxygens (including phenoxy) is 1. The Morgan fingerprint density at radius 3 is 2.72 bits per heavy atom. The van der Waals surface area contributed by atoms with Crippen LogP contribution in [0.25, 0.3) is 11.0 Å². The van der Waals surface area contributed by atoms with E-state index >= 15 is 0 Å². The quantitative estimate of drug-likeness (QED) is 0.570. The molecule has 4 rings (SSSR count). The predicted octanol–water partition coefficient (Wildman–Crippen LogP) is 3.83. The second kappa shape index (κ2) is 7.81. The van der Waals surface area contributed by atoms with Crippen LogP contribution in [-0.4, -0.2) is 45.8 Å². The summed E-state index contributed by atoms with van der Waals surface area (Å²) < 4.78 is 20.3. The van der Waals surface area contributed by atoms with Crippen LogP contribution in [0.3, 0.4) is 0 Å². The van der Waals surface area contributed by atoms with Crippen molar-refractivity contribution < 1.29 is 13.9 Å². The molecule has 1 saturated carbocycles. The van der Waals surface area contributed by atoms with Crippen LogP contribution >= 0.6 is 0 Å². The number of carbonyl (C=O) groups is 1. The number of aryl methyl sites for hydroxylation is 2. The van der Waals surface area contributed by atoms with Crippen LogP contribution in [0.15, 0.2) is 30.3 Å². The van der Waals surface area contributed by atoms with Crippen molar-refractivity contribution in [3.63, 3.8) is 0 Å². The maximum atomic E-state index is 13.2. The first-order valence-electron chi connectivity index (χ1n) is 9.92. The van der Waals surface area contributed by atoms with Crippen molar-refractivity contribution in [3.05, 3.63) is 53.1 Å². The molecular formula is C22H25FN4O2. The molecule has 2 heterocycles. The minimum atomic E-state index is -0.289. The van der Waals surface area contributed by atoms with Crippen LogP contribution in [0.2, 0.25) is 0 Å². The molecule has 0 unspecified atom stereocenters. The molecular weight excluding hydrogens is 371 g/mol. The molecule has 29 heavy (non-hydrogen) atoms. The molecule has 0 bridgehead atoms. The second-order valence-electron chi connectivity index (χ2n) is 7.66. The Morgan fingerprint density at radius 2 is 2.03 bits per heavy atom. The first-order chi connectivity index (χ1) is 13.9. The number of hydrogen-bond acceptors (Lipinski definition) is 4. The zero-order valence-electron chi connectivity index (χ0n) is 17.0. The number of benzene rings is 1. The zero-order chi connectivity index (χ0) is 20.5. The molecule has 0 saturated heterocycles. The second-order valence-corrected chi connectivity index (χ2v) is 7.66. The molecule has 0 atom stereocenters. The van der Waals surface area contributed by atoms with Crippen LogP contribution in [0.1, 0.15) is 46.9 Å². The molecule has 1 aromatic carbocycles. The van der Waals surface area contributed by atoms with Gasteiger partial charge in [0.25, 0.3) is 5.91 Å². The summed E-state index contributed by atoms with van der Waals surface area (Å²) in [5.41, 5.74) is 3.23. The van der Waals surface area contributed by atoms with E-state index in [0.717, 1.165) is 35.3 Å². The molecule has 2 aromatic heterocycles. The summed E-state index contributed by atoms with van der Waals surface area (Å²) in [5.74, 6) is 0.756. The van der Waals surface area contributed by atoms with E-state index in [1.165, 1.54) is 12.1 Å². The lowest BCUT2D eigenvalue weighted by atomic mass is 10.1. The molecule has 1 fully saturated rings. The van der Waals surface area contributed by atoms with Gasteiger partial charge in [0, 0.05) is 32.3 Å². The number of nitrogens with zero attached hydrogens (tertiary/aromatic N) is 4. The third-order valence-electron chi connectivity index (χ3n) is 5.28. The number of hydrogen-bond donors (Lipinski definition) is 0. The highest BCUT2D eigenvalue weighted by molar-refractivity contribution is 6.06. The minimum Gasteiger partial charge on any atom is -0.494 e. The average molecular weight is 396 g/mol. The van der Waals surface area contributed by atoms with E-state index in [2.05, 4.69) is 5.10 Å². The number of amides is 1. The first kappa shape index (κ1) is 19.4. The fraction of sp³-hybridized carbons (Fsp3) is 0.409. The minimum absolute atomic E-state index is 0.0304. The Bertz CT molecular complexity index is 1040. The van der Waals surface area contributed by atoms with Crippen LogP contribution in [0, 0.1) is 12.7 Å². The molecule has 0 N–H and O–H groups in total. The van der Waals surface area contributed by atoms with Gasteiger partial charge in [0.1, 0.15) is 11.6 Å². The maximum absolute atomic E-state index is 13.2. The van der Waals surface area contributed by atoms with Crippen molar-refractivity contribution in [2.45, 2.75) is 32.1 Å². The van der Waals surface area contributed by atoms with Gasteiger partial charge in [0.05, 0.1) is 23.3 Å². The Hall–Kier alpha value is -2.96. The van der Waals surface area contributed by atoms with Gasteiger partial charge in [-0.05, 0) is 56.5 Å². The van der Waals surface area contributed by atoms with Crippen molar-refractivity contribution in [1.82, 2.24) is 19.7 Å². The molecule has 0 spiro atoms. The van der Waals surface area contributed by atoms with E-state index in [0.29, 0.717) is 36.8 Å². The lowest BCUT2D eigenvalue weighted by Crippen LogP contribution is -2.29. The Labute approximate surface area is 169 Å². The smallest absolute Gasteiger partial charge is 0.254 e. The molecule has 7 heteroatoms. The molecule has 3 aromatic rings. The van der Waals surface area contributed by atoms with E-state index in [1.807, 2.05) is 20.0 Å². The largest absolute Gasteiger partial charge is 0.494 e. The van der Waals surface area contributed by atoms with Crippen molar-refractivity contribution in [1.29, 1.82) is 0 Å². The van der Waals surface area contributed by atoms with Crippen molar-refractivity contribution >= 4 is 16.9 Å². The van der Waals surface area contributed by atoms with Crippen molar-refractivity contribution in [2.75, 3.05) is 20.2 Å². The monoisotopic (exact) mass is 396 g/mol. The van der Waals surface area contributed by atoms with Crippen LogP contribution in [0.4, 0.5) is 4.39 Å². The number of pyridine rings is 1. The van der Waals surface area contributed by atoms with Crippen molar-refractivity contribution in [2.24, 2.45) is 7.05 Å². The van der Waals surface area contributed by atoms with E-state index < -0.39 is 0 Å². The lowest BCUT2D eigenvalue weighted by Gasteiger charge is -2.18. The van der Waals surface area contributed by atoms with Gasteiger partial charge in [0.2, 0.25) is 0 Å². The summed E-state index contributed by atoms with van der Waals surface area (Å²) in [7, 11) is 3.67. The topological polar surface area (TPSA) is 60.2 Å². The fourth-order valence-corrected chi connectivity index (χ4v) is 3.55. The van der Waals surface area contributed by atoms with Crippen LogP contribution in [0.5, 0.6) is 5.75 Å². The molecule has 1 amide bonds. The summed E-state index contributed by atoms with van der Waals surface area (Å²) in [5, 5.41) is 5.30. The predicted molar refractivity (Wildman–Crippen MR) is 109 cm³/mol. The SMILES string of the molecule is Cc1nn(C)c2nc(C3CC3)cc(C(=O)N(C)CCCOc3ccc(F)cc3)c12. The third kappa shape index (κ3) is 4.09. The highest BCUT2D eigenvalue weighted by atomic mass is 19.1. The van der Waals surface area contributed by atoms with Gasteiger partial charge in [-0.25, -0.2) is 9.37 Å². The molecule has 6 nitrogen and oxygen atoms in total. The number of carbonyl (C=O) groups excluding carboxylic acids is 1. The molecule has 1 aliphatic rings. The normalized spacial score (nSPS) is 13.7. The number of halogens is 1. The molecule has 0 radical (unpaired) electrons. The number of rotatable bonds is 7. The van der Waals surface area contributed by atoms with Gasteiger partial charge in [-0.15, -0.1) is 0 Å². The van der Waals surface area contributed by atoms with Crippen LogP contribution in [-0.2, 0) is 7.05 Å². The summed E-state index contributed by atoms with van der Waals surface area (Å²) in [6, 6.07) is 7.88. The van der Waals surface area contributed by atoms with Gasteiger partial charge in [-0.1, -0.05) is 0 Å². The Kier molecular flexibility index (Phi) is 5.22. The van der Waals surface area contributed by atoms with Crippen LogP contribution < -0.4 is 4.74 Å². The van der Waals surface area contributed by atoms with Gasteiger partial charge in [-0.3, -0.25) is 9.48 Å². The van der Waals surface area contributed by atoms with Gasteiger partial charge in [0.15, 0.2) is 5.65 Å². The fourth-order valence-electron chi connectivity index (χ4n) is 3.55. The molecule has 1 aliphatic carbocycles. The Balaban J connectivity index is 1.45. The highest BCUT2D eigenvalue weighted by Gasteiger charge is 2.29. The van der Waals surface area contributed by atoms with E-state index in [9.17, 15) is 9.18 Å². The number of fused-ring (bicyclic) bond motifs is 1. The lowest BCUT2D eigenvalue weighted by molar-refractivity contribution is 0.0789. The Morgan fingerprint density at radius 1 is 1.31 bits per heavy atom. The van der Waals surface area contributed by atoms with E-state index in [-0.39, 0.29) is 11.7 Å². The summed E-state index contributed by atoms with van der Waals surface area (Å²) in [6.07, 6.45) is 2.93. The first-order valence-corrected chi connectivity index (χ1v) is 9.92. The standard InChI is InChI=1S/C22H25FN4O2/c1-14-20-18(13-19(15-5-6-15)24-21(20)27(3)25-14)22(28)26(2)11-4-12-29-17-9-7-16(23)8-10-17/h7-10,13,15H,4-6,11-12H2,1-3H3. The van der Waals surface area contributed by atoms with Crippen molar-refractivity contribution in [3.8, 4) is 5.75 Å². The van der Waals surface area contributed by atoms with Gasteiger partial charge >= 0.3 is 0 Å². The van der Waals surface area contributed by atoms with Gasteiger partial charge in [-0.2, -0.15) is 5.10 Å². The summed E-state index contributed by atoms with van der Waals surface area (Å²) in [6.45, 7) is 2.92. The third-order valence-corrected chi connectivity index (χ3v) is 5.28.